The normalized spacial score (nSPS) is 17.6. The Hall–Kier alpha value is -1.89. The van der Waals surface area contributed by atoms with Gasteiger partial charge >= 0.3 is 5.82 Å². The Labute approximate surface area is 116 Å². The van der Waals surface area contributed by atoms with Gasteiger partial charge in [-0.3, -0.25) is 4.79 Å². The van der Waals surface area contributed by atoms with Crippen LogP contribution in [-0.4, -0.2) is 34.1 Å². The number of carbonyl (C=O) groups is 1. The van der Waals surface area contributed by atoms with E-state index in [1.54, 1.807) is 0 Å². The third-order valence-electron chi connectivity index (χ3n) is 3.99. The molecule has 7 nitrogen and oxygen atoms in total. The van der Waals surface area contributed by atoms with Crippen LogP contribution in [0.15, 0.2) is 12.1 Å². The fourth-order valence-corrected chi connectivity index (χ4v) is 2.68. The summed E-state index contributed by atoms with van der Waals surface area (Å²) in [5, 5.41) is 22.9. The van der Waals surface area contributed by atoms with Crippen LogP contribution in [0, 0.1) is 15.5 Å². The number of aromatic nitrogens is 1. The second kappa shape index (κ2) is 6.04. The van der Waals surface area contributed by atoms with Crippen molar-refractivity contribution in [2.75, 3.05) is 13.2 Å². The van der Waals surface area contributed by atoms with Crippen molar-refractivity contribution in [3.8, 4) is 0 Å². The van der Waals surface area contributed by atoms with Crippen molar-refractivity contribution in [1.29, 1.82) is 0 Å². The van der Waals surface area contributed by atoms with E-state index in [1.165, 1.54) is 18.6 Å². The molecule has 1 fully saturated rings. The topological polar surface area (TPSA) is 108 Å². The average molecular weight is 281 g/mol. The molecule has 2 rings (SSSR count). The van der Waals surface area contributed by atoms with Crippen LogP contribution < -0.4 is 5.32 Å². The third-order valence-corrected chi connectivity index (χ3v) is 3.99. The first-order valence-corrected chi connectivity index (χ1v) is 6.79. The van der Waals surface area contributed by atoms with Crippen molar-refractivity contribution in [3.05, 3.63) is 27.9 Å². The van der Waals surface area contributed by atoms with E-state index in [2.05, 4.69) is 10.3 Å². The quantitative estimate of drug-likeness (QED) is 0.562. The predicted molar refractivity (Wildman–Crippen MR) is 72.4 cm³/mol. The van der Waals surface area contributed by atoms with Crippen LogP contribution >= 0.6 is 0 Å². The second-order valence-electron chi connectivity index (χ2n) is 5.42. The van der Waals surface area contributed by atoms with E-state index in [0.29, 0.717) is 6.54 Å². The Morgan fingerprint density at radius 2 is 2.10 bits per heavy atom. The number of aliphatic hydroxyl groups excluding tert-OH is 1. The molecule has 1 aromatic heterocycles. The smallest absolute Gasteiger partial charge is 0.321 e. The molecule has 0 aliphatic heterocycles. The van der Waals surface area contributed by atoms with E-state index in [0.717, 1.165) is 25.7 Å². The van der Waals surface area contributed by atoms with Gasteiger partial charge in [0.1, 0.15) is 0 Å². The first-order chi connectivity index (χ1) is 9.56. The Kier molecular flexibility index (Phi) is 4.39. The number of aromatic amines is 1. The molecular weight excluding hydrogens is 262 g/mol. The highest BCUT2D eigenvalue weighted by Crippen LogP contribution is 2.35. The minimum Gasteiger partial charge on any atom is -0.396 e. The number of carbonyl (C=O) groups excluding carboxylic acids is 1. The Bertz CT molecular complexity index is 492. The molecular formula is C13H19N3O4. The van der Waals surface area contributed by atoms with Gasteiger partial charge in [0, 0.05) is 18.0 Å². The number of aliphatic hydroxyl groups is 1. The fourth-order valence-electron chi connectivity index (χ4n) is 2.68. The van der Waals surface area contributed by atoms with Gasteiger partial charge in [-0.2, -0.15) is 0 Å². The van der Waals surface area contributed by atoms with Gasteiger partial charge in [-0.15, -0.1) is 0 Å². The summed E-state index contributed by atoms with van der Waals surface area (Å²) < 4.78 is 0. The van der Waals surface area contributed by atoms with Crippen molar-refractivity contribution in [2.24, 2.45) is 5.41 Å². The molecule has 20 heavy (non-hydrogen) atoms. The molecule has 0 bridgehead atoms. The van der Waals surface area contributed by atoms with Gasteiger partial charge in [0.05, 0.1) is 6.61 Å². The molecule has 0 unspecified atom stereocenters. The first-order valence-electron chi connectivity index (χ1n) is 6.79. The van der Waals surface area contributed by atoms with Crippen LogP contribution in [0.3, 0.4) is 0 Å². The molecule has 7 heteroatoms. The lowest BCUT2D eigenvalue weighted by molar-refractivity contribution is -0.389. The highest BCUT2D eigenvalue weighted by atomic mass is 16.6. The maximum atomic E-state index is 11.9. The Morgan fingerprint density at radius 3 is 2.65 bits per heavy atom. The summed E-state index contributed by atoms with van der Waals surface area (Å²) in [5.74, 6) is -0.582. The van der Waals surface area contributed by atoms with E-state index in [1.807, 2.05) is 0 Å². The summed E-state index contributed by atoms with van der Waals surface area (Å²) in [4.78, 5) is 24.4. The van der Waals surface area contributed by atoms with Gasteiger partial charge in [0.25, 0.3) is 5.91 Å². The average Bonchev–Trinajstić information content (AvgIpc) is 2.96. The summed E-state index contributed by atoms with van der Waals surface area (Å²) in [6.45, 7) is 0.452. The lowest BCUT2D eigenvalue weighted by Gasteiger charge is -2.35. The van der Waals surface area contributed by atoms with E-state index >= 15 is 0 Å². The standard InChI is InChI=1S/C13H19N3O4/c17-9-13(6-2-1-3-7-13)8-14-12(18)10-4-5-11(15-10)16(19)20/h4-5,15,17H,1-3,6-9H2,(H,14,18). The largest absolute Gasteiger partial charge is 0.396 e. The van der Waals surface area contributed by atoms with Gasteiger partial charge in [0.15, 0.2) is 5.69 Å². The maximum absolute atomic E-state index is 11.9. The zero-order chi connectivity index (χ0) is 14.6. The number of hydrogen-bond acceptors (Lipinski definition) is 4. The van der Waals surface area contributed by atoms with Crippen LogP contribution in [0.5, 0.6) is 0 Å². The van der Waals surface area contributed by atoms with Crippen molar-refractivity contribution in [2.45, 2.75) is 32.1 Å². The van der Waals surface area contributed by atoms with Crippen molar-refractivity contribution in [3.63, 3.8) is 0 Å². The second-order valence-corrected chi connectivity index (χ2v) is 5.42. The van der Waals surface area contributed by atoms with Crippen molar-refractivity contribution < 1.29 is 14.8 Å². The summed E-state index contributed by atoms with van der Waals surface area (Å²) in [7, 11) is 0. The molecule has 0 saturated heterocycles. The summed E-state index contributed by atoms with van der Waals surface area (Å²) in [5.41, 5.74) is -0.0764. The van der Waals surface area contributed by atoms with E-state index in [9.17, 15) is 20.0 Å². The van der Waals surface area contributed by atoms with Gasteiger partial charge in [-0.1, -0.05) is 19.3 Å². The monoisotopic (exact) mass is 281 g/mol. The van der Waals surface area contributed by atoms with Crippen molar-refractivity contribution >= 4 is 11.7 Å². The Balaban J connectivity index is 1.95. The van der Waals surface area contributed by atoms with E-state index in [4.69, 9.17) is 0 Å². The van der Waals surface area contributed by atoms with Crippen LogP contribution in [0.4, 0.5) is 5.82 Å². The van der Waals surface area contributed by atoms with E-state index in [-0.39, 0.29) is 29.4 Å². The summed E-state index contributed by atoms with van der Waals surface area (Å²) in [6, 6.07) is 2.65. The number of rotatable bonds is 5. The van der Waals surface area contributed by atoms with Crippen LogP contribution in [0.1, 0.15) is 42.6 Å². The molecule has 1 amide bonds. The zero-order valence-electron chi connectivity index (χ0n) is 11.2. The molecule has 110 valence electrons. The van der Waals surface area contributed by atoms with Gasteiger partial charge in [-0.05, 0) is 23.8 Å². The minimum absolute atomic E-state index is 0.0537. The maximum Gasteiger partial charge on any atom is 0.321 e. The highest BCUT2D eigenvalue weighted by Gasteiger charge is 2.32. The molecule has 1 aromatic rings. The fraction of sp³-hybridized carbons (Fsp3) is 0.615. The number of nitro groups is 1. The SMILES string of the molecule is O=C(NCC1(CO)CCCCC1)c1ccc([N+](=O)[O-])[nH]1. The predicted octanol–water partition coefficient (Wildman–Crippen LogP) is 1.60. The van der Waals surface area contributed by atoms with Crippen molar-refractivity contribution in [1.82, 2.24) is 10.3 Å². The molecule has 0 spiro atoms. The van der Waals surface area contributed by atoms with Gasteiger partial charge < -0.3 is 20.5 Å². The number of H-pyrrole nitrogens is 1. The summed E-state index contributed by atoms with van der Waals surface area (Å²) >= 11 is 0. The third kappa shape index (κ3) is 3.16. The highest BCUT2D eigenvalue weighted by molar-refractivity contribution is 5.92. The lowest BCUT2D eigenvalue weighted by Crippen LogP contribution is -2.41. The molecule has 0 radical (unpaired) electrons. The number of hydrogen-bond donors (Lipinski definition) is 3. The molecule has 3 N–H and O–H groups in total. The van der Waals surface area contributed by atoms with Crippen LogP contribution in [0.25, 0.3) is 0 Å². The van der Waals surface area contributed by atoms with Gasteiger partial charge in [0.2, 0.25) is 0 Å². The molecule has 1 aliphatic rings. The summed E-state index contributed by atoms with van der Waals surface area (Å²) in [6.07, 6.45) is 5.08. The lowest BCUT2D eigenvalue weighted by atomic mass is 9.74. The Morgan fingerprint density at radius 1 is 1.40 bits per heavy atom. The molecule has 0 aromatic carbocycles. The molecule has 1 saturated carbocycles. The zero-order valence-corrected chi connectivity index (χ0v) is 11.2. The van der Waals surface area contributed by atoms with Crippen LogP contribution in [-0.2, 0) is 0 Å². The minimum atomic E-state index is -0.576. The van der Waals surface area contributed by atoms with Gasteiger partial charge in [-0.25, -0.2) is 4.98 Å². The molecule has 0 atom stereocenters. The number of nitrogens with zero attached hydrogens (tertiary/aromatic N) is 1. The number of nitrogens with one attached hydrogen (secondary N) is 2. The van der Waals surface area contributed by atoms with E-state index < -0.39 is 4.92 Å². The molecule has 1 aliphatic carbocycles. The van der Waals surface area contributed by atoms with Crippen LogP contribution in [0.2, 0.25) is 0 Å². The molecule has 1 heterocycles. The first kappa shape index (κ1) is 14.5. The number of amides is 1.